The molecule has 4 nitrogen and oxygen atoms in total. The van der Waals surface area contributed by atoms with Crippen LogP contribution in [-0.2, 0) is 4.79 Å². The molecule has 0 bridgehead atoms. The molecule has 0 aromatic heterocycles. The van der Waals surface area contributed by atoms with Gasteiger partial charge in [0, 0.05) is 26.1 Å². The second-order valence-electron chi connectivity index (χ2n) is 7.32. The molecule has 1 fully saturated rings. The molecular weight excluding hydrogens is 262 g/mol. The molecule has 0 saturated carbocycles. The van der Waals surface area contributed by atoms with E-state index in [0.717, 1.165) is 32.7 Å². The molecule has 124 valence electrons. The quantitative estimate of drug-likeness (QED) is 0.745. The van der Waals surface area contributed by atoms with Crippen molar-refractivity contribution in [3.05, 3.63) is 0 Å². The van der Waals surface area contributed by atoms with Gasteiger partial charge in [-0.2, -0.15) is 0 Å². The van der Waals surface area contributed by atoms with E-state index < -0.39 is 0 Å². The second kappa shape index (κ2) is 9.42. The van der Waals surface area contributed by atoms with Gasteiger partial charge in [0.25, 0.3) is 0 Å². The summed E-state index contributed by atoms with van der Waals surface area (Å²) in [5.41, 5.74) is 0. The van der Waals surface area contributed by atoms with Gasteiger partial charge in [-0.3, -0.25) is 4.79 Å². The number of nitrogens with one attached hydrogen (secondary N) is 1. The number of carbonyl (C=O) groups excluding carboxylic acids is 1. The topological polar surface area (TPSA) is 35.6 Å². The molecule has 1 N–H and O–H groups in total. The fraction of sp³-hybridized carbons (Fsp3) is 0.941. The Morgan fingerprint density at radius 1 is 1.24 bits per heavy atom. The Morgan fingerprint density at radius 3 is 2.48 bits per heavy atom. The van der Waals surface area contributed by atoms with Crippen LogP contribution in [0.4, 0.5) is 0 Å². The van der Waals surface area contributed by atoms with E-state index in [1.54, 1.807) is 0 Å². The van der Waals surface area contributed by atoms with Crippen molar-refractivity contribution >= 4 is 5.91 Å². The molecule has 1 amide bonds. The van der Waals surface area contributed by atoms with Crippen LogP contribution in [0.5, 0.6) is 0 Å². The fourth-order valence-corrected chi connectivity index (χ4v) is 3.01. The van der Waals surface area contributed by atoms with Crippen LogP contribution in [0.3, 0.4) is 0 Å². The van der Waals surface area contributed by atoms with Crippen molar-refractivity contribution < 1.29 is 4.79 Å². The lowest BCUT2D eigenvalue weighted by Gasteiger charge is -2.31. The molecule has 2 unspecified atom stereocenters. The van der Waals surface area contributed by atoms with Gasteiger partial charge in [-0.15, -0.1) is 0 Å². The molecule has 4 heteroatoms. The summed E-state index contributed by atoms with van der Waals surface area (Å²) in [7, 11) is 4.13. The van der Waals surface area contributed by atoms with Crippen molar-refractivity contribution in [1.82, 2.24) is 15.1 Å². The van der Waals surface area contributed by atoms with Gasteiger partial charge in [0.1, 0.15) is 0 Å². The maximum absolute atomic E-state index is 12.6. The monoisotopic (exact) mass is 297 g/mol. The standard InChI is InChI=1S/C17H35N3O/c1-14(2)13-20(10-9-19(4)5)17(21)11-15(3)16-7-6-8-18-12-16/h14-16,18H,6-13H2,1-5H3. The van der Waals surface area contributed by atoms with E-state index in [-0.39, 0.29) is 0 Å². The van der Waals surface area contributed by atoms with Crippen molar-refractivity contribution in [2.45, 2.75) is 40.0 Å². The number of likely N-dealkylation sites (N-methyl/N-ethyl adjacent to an activating group) is 1. The normalized spacial score (nSPS) is 20.8. The van der Waals surface area contributed by atoms with Gasteiger partial charge in [-0.05, 0) is 57.8 Å². The summed E-state index contributed by atoms with van der Waals surface area (Å²) in [5.74, 6) is 2.02. The highest BCUT2D eigenvalue weighted by atomic mass is 16.2. The minimum Gasteiger partial charge on any atom is -0.341 e. The van der Waals surface area contributed by atoms with Crippen LogP contribution in [-0.4, -0.2) is 62.5 Å². The number of hydrogen-bond acceptors (Lipinski definition) is 3. The fourth-order valence-electron chi connectivity index (χ4n) is 3.01. The molecular formula is C17H35N3O. The van der Waals surface area contributed by atoms with Gasteiger partial charge >= 0.3 is 0 Å². The molecule has 0 aliphatic carbocycles. The Morgan fingerprint density at radius 2 is 1.95 bits per heavy atom. The highest BCUT2D eigenvalue weighted by Gasteiger charge is 2.24. The van der Waals surface area contributed by atoms with Crippen LogP contribution in [0.25, 0.3) is 0 Å². The van der Waals surface area contributed by atoms with Crippen molar-refractivity contribution in [2.24, 2.45) is 17.8 Å². The Labute approximate surface area is 131 Å². The summed E-state index contributed by atoms with van der Waals surface area (Å²) in [6.07, 6.45) is 3.22. The van der Waals surface area contributed by atoms with Crippen molar-refractivity contribution in [3.8, 4) is 0 Å². The van der Waals surface area contributed by atoms with Gasteiger partial charge in [-0.1, -0.05) is 20.8 Å². The average molecular weight is 297 g/mol. The van der Waals surface area contributed by atoms with Gasteiger partial charge in [0.15, 0.2) is 0 Å². The minimum atomic E-state index is 0.337. The molecule has 21 heavy (non-hydrogen) atoms. The first kappa shape index (κ1) is 18.4. The zero-order chi connectivity index (χ0) is 15.8. The molecule has 0 aromatic carbocycles. The zero-order valence-corrected chi connectivity index (χ0v) is 14.7. The van der Waals surface area contributed by atoms with Crippen LogP contribution >= 0.6 is 0 Å². The van der Waals surface area contributed by atoms with Crippen LogP contribution in [0.2, 0.25) is 0 Å². The van der Waals surface area contributed by atoms with Gasteiger partial charge in [0.2, 0.25) is 5.91 Å². The van der Waals surface area contributed by atoms with Crippen LogP contribution in [0, 0.1) is 17.8 Å². The third-order valence-corrected chi connectivity index (χ3v) is 4.39. The van der Waals surface area contributed by atoms with Crippen molar-refractivity contribution in [3.63, 3.8) is 0 Å². The lowest BCUT2D eigenvalue weighted by atomic mass is 9.85. The number of piperidine rings is 1. The summed E-state index contributed by atoms with van der Waals surface area (Å²) in [6, 6.07) is 0. The lowest BCUT2D eigenvalue weighted by molar-refractivity contribution is -0.133. The number of nitrogens with zero attached hydrogens (tertiary/aromatic N) is 2. The van der Waals surface area contributed by atoms with Gasteiger partial charge in [-0.25, -0.2) is 0 Å². The first-order chi connectivity index (χ1) is 9.90. The zero-order valence-electron chi connectivity index (χ0n) is 14.7. The molecule has 1 rings (SSSR count). The Hall–Kier alpha value is -0.610. The molecule has 1 heterocycles. The number of hydrogen-bond donors (Lipinski definition) is 1. The van der Waals surface area contributed by atoms with Gasteiger partial charge in [0.05, 0.1) is 0 Å². The predicted octanol–water partition coefficient (Wildman–Crippen LogP) is 2.06. The van der Waals surface area contributed by atoms with E-state index in [1.165, 1.54) is 12.8 Å². The minimum absolute atomic E-state index is 0.337. The predicted molar refractivity (Wildman–Crippen MR) is 89.3 cm³/mol. The second-order valence-corrected chi connectivity index (χ2v) is 7.32. The third kappa shape index (κ3) is 7.28. The highest BCUT2D eigenvalue weighted by molar-refractivity contribution is 5.76. The molecule has 0 spiro atoms. The number of carbonyl (C=O) groups is 1. The smallest absolute Gasteiger partial charge is 0.222 e. The third-order valence-electron chi connectivity index (χ3n) is 4.39. The Bertz CT molecular complexity index is 298. The first-order valence-electron chi connectivity index (χ1n) is 8.53. The molecule has 0 radical (unpaired) electrons. The molecule has 2 atom stereocenters. The average Bonchev–Trinajstić information content (AvgIpc) is 2.43. The summed E-state index contributed by atoms with van der Waals surface area (Å²) >= 11 is 0. The molecule has 0 aromatic rings. The summed E-state index contributed by atoms with van der Waals surface area (Å²) in [5, 5.41) is 3.46. The number of amides is 1. The Kier molecular flexibility index (Phi) is 8.27. The van der Waals surface area contributed by atoms with Crippen molar-refractivity contribution in [2.75, 3.05) is 46.8 Å². The van der Waals surface area contributed by atoms with Crippen LogP contribution in [0.15, 0.2) is 0 Å². The van der Waals surface area contributed by atoms with Gasteiger partial charge < -0.3 is 15.1 Å². The maximum Gasteiger partial charge on any atom is 0.222 e. The highest BCUT2D eigenvalue weighted by Crippen LogP contribution is 2.23. The summed E-state index contributed by atoms with van der Waals surface area (Å²) in [4.78, 5) is 16.8. The largest absolute Gasteiger partial charge is 0.341 e. The van der Waals surface area contributed by atoms with E-state index >= 15 is 0 Å². The SMILES string of the molecule is CC(C)CN(CCN(C)C)C(=O)CC(C)C1CCCNC1. The van der Waals surface area contributed by atoms with E-state index in [1.807, 2.05) is 0 Å². The lowest BCUT2D eigenvalue weighted by Crippen LogP contribution is -2.41. The van der Waals surface area contributed by atoms with E-state index in [4.69, 9.17) is 0 Å². The van der Waals surface area contributed by atoms with E-state index in [9.17, 15) is 4.79 Å². The van der Waals surface area contributed by atoms with Crippen molar-refractivity contribution in [1.29, 1.82) is 0 Å². The summed E-state index contributed by atoms with van der Waals surface area (Å²) in [6.45, 7) is 11.5. The van der Waals surface area contributed by atoms with E-state index in [2.05, 4.69) is 50.0 Å². The summed E-state index contributed by atoms with van der Waals surface area (Å²) < 4.78 is 0. The van der Waals surface area contributed by atoms with Crippen LogP contribution < -0.4 is 5.32 Å². The molecule has 1 aliphatic rings. The molecule has 1 aliphatic heterocycles. The first-order valence-corrected chi connectivity index (χ1v) is 8.53. The van der Waals surface area contributed by atoms with Crippen LogP contribution in [0.1, 0.15) is 40.0 Å². The Balaban J connectivity index is 2.49. The molecule has 1 saturated heterocycles. The maximum atomic E-state index is 12.6. The number of rotatable bonds is 8. The van der Waals surface area contributed by atoms with E-state index in [0.29, 0.717) is 30.1 Å².